The third kappa shape index (κ3) is 8.10. The van der Waals surface area contributed by atoms with Gasteiger partial charge in [-0.15, -0.1) is 0 Å². The molecule has 0 fully saturated rings. The van der Waals surface area contributed by atoms with Crippen molar-refractivity contribution < 1.29 is 4.74 Å². The first kappa shape index (κ1) is 28.2. The number of pyridine rings is 3. The number of nitrogens with zero attached hydrogens (tertiary/aromatic N) is 4. The summed E-state index contributed by atoms with van der Waals surface area (Å²) in [6.45, 7) is 4.33. The summed E-state index contributed by atoms with van der Waals surface area (Å²) >= 11 is 0. The summed E-state index contributed by atoms with van der Waals surface area (Å²) in [5.41, 5.74) is 7.79. The van der Waals surface area contributed by atoms with Crippen molar-refractivity contribution in [2.75, 3.05) is 0 Å². The summed E-state index contributed by atoms with van der Waals surface area (Å²) in [6.07, 6.45) is 5.66. The number of rotatable bonds is 13. The number of hydrogen-bond donors (Lipinski definition) is 1. The number of ether oxygens (including phenoxy) is 1. The second-order valence-corrected chi connectivity index (χ2v) is 10.6. The van der Waals surface area contributed by atoms with Crippen molar-refractivity contribution in [2.45, 2.75) is 39.3 Å². The van der Waals surface area contributed by atoms with E-state index in [0.717, 1.165) is 71.9 Å². The first-order chi connectivity index (χ1) is 21.3. The van der Waals surface area contributed by atoms with Gasteiger partial charge < -0.3 is 10.1 Å². The Hall–Kier alpha value is -4.91. The summed E-state index contributed by atoms with van der Waals surface area (Å²) in [5, 5.41) is 4.51. The van der Waals surface area contributed by atoms with Gasteiger partial charge in [0.1, 0.15) is 12.4 Å². The fraction of sp³-hybridized carbons (Fsp3) is 0.162. The highest BCUT2D eigenvalue weighted by Gasteiger charge is 2.12. The van der Waals surface area contributed by atoms with Gasteiger partial charge in [0.25, 0.3) is 0 Å². The molecule has 3 heterocycles. The van der Waals surface area contributed by atoms with Gasteiger partial charge in [0, 0.05) is 56.7 Å². The summed E-state index contributed by atoms with van der Waals surface area (Å²) in [5.74, 6) is 0.847. The molecule has 1 N–H and O–H groups in total. The molecule has 0 saturated carbocycles. The van der Waals surface area contributed by atoms with Crippen molar-refractivity contribution in [3.8, 4) is 5.75 Å². The molecular formula is C37H35N5O. The second kappa shape index (κ2) is 14.3. The number of nitrogens with one attached hydrogen (secondary N) is 1. The molecule has 0 unspecified atom stereocenters. The van der Waals surface area contributed by atoms with Gasteiger partial charge in [-0.2, -0.15) is 0 Å². The van der Waals surface area contributed by atoms with Crippen LogP contribution in [-0.4, -0.2) is 19.9 Å². The largest absolute Gasteiger partial charge is 0.488 e. The molecule has 0 amide bonds. The molecule has 43 heavy (non-hydrogen) atoms. The molecule has 0 spiro atoms. The molecule has 0 aliphatic carbocycles. The molecular weight excluding hydrogens is 530 g/mol. The zero-order valence-electron chi connectivity index (χ0n) is 24.1. The lowest BCUT2D eigenvalue weighted by Crippen LogP contribution is -2.23. The van der Waals surface area contributed by atoms with E-state index in [9.17, 15) is 0 Å². The van der Waals surface area contributed by atoms with Crippen LogP contribution in [0.25, 0.3) is 10.9 Å². The minimum atomic E-state index is 0.518. The third-order valence-electron chi connectivity index (χ3n) is 7.29. The number of fused-ring (bicyclic) bond motifs is 1. The van der Waals surface area contributed by atoms with Gasteiger partial charge in [-0.1, -0.05) is 72.8 Å². The Morgan fingerprint density at radius 2 is 1.28 bits per heavy atom. The van der Waals surface area contributed by atoms with Crippen molar-refractivity contribution in [1.82, 2.24) is 25.2 Å². The van der Waals surface area contributed by atoms with E-state index in [-0.39, 0.29) is 0 Å². The molecule has 214 valence electrons. The molecule has 0 radical (unpaired) electrons. The van der Waals surface area contributed by atoms with E-state index in [4.69, 9.17) is 9.72 Å². The van der Waals surface area contributed by atoms with Gasteiger partial charge in [-0.05, 0) is 64.7 Å². The Morgan fingerprint density at radius 3 is 2.05 bits per heavy atom. The molecule has 3 aromatic carbocycles. The lowest BCUT2D eigenvalue weighted by molar-refractivity contribution is 0.244. The highest BCUT2D eigenvalue weighted by molar-refractivity contribution is 5.85. The first-order valence-corrected chi connectivity index (χ1v) is 14.6. The molecule has 6 aromatic rings. The van der Waals surface area contributed by atoms with Gasteiger partial charge in [-0.25, -0.2) is 0 Å². The second-order valence-electron chi connectivity index (χ2n) is 10.6. The highest BCUT2D eigenvalue weighted by Crippen LogP contribution is 2.27. The normalized spacial score (nSPS) is 11.2. The van der Waals surface area contributed by atoms with Crippen LogP contribution >= 0.6 is 0 Å². The fourth-order valence-corrected chi connectivity index (χ4v) is 5.12. The third-order valence-corrected chi connectivity index (χ3v) is 7.29. The Labute approximate surface area is 253 Å². The van der Waals surface area contributed by atoms with E-state index in [0.29, 0.717) is 6.61 Å². The van der Waals surface area contributed by atoms with E-state index in [1.807, 2.05) is 85.3 Å². The van der Waals surface area contributed by atoms with E-state index < -0.39 is 0 Å². The van der Waals surface area contributed by atoms with Gasteiger partial charge >= 0.3 is 0 Å². The molecule has 6 rings (SSSR count). The quantitative estimate of drug-likeness (QED) is 0.161. The van der Waals surface area contributed by atoms with Gasteiger partial charge in [0.15, 0.2) is 0 Å². The maximum Gasteiger partial charge on any atom is 0.129 e. The molecule has 0 aliphatic heterocycles. The molecule has 0 bridgehead atoms. The lowest BCUT2D eigenvalue weighted by atomic mass is 10.1. The Balaban J connectivity index is 1.15. The van der Waals surface area contributed by atoms with Crippen LogP contribution in [0.2, 0.25) is 0 Å². The van der Waals surface area contributed by atoms with Crippen molar-refractivity contribution in [2.24, 2.45) is 0 Å². The Bertz CT molecular complexity index is 1710. The zero-order chi connectivity index (χ0) is 29.1. The van der Waals surface area contributed by atoms with Gasteiger partial charge in [-0.3, -0.25) is 19.9 Å². The van der Waals surface area contributed by atoms with E-state index >= 15 is 0 Å². The average molecular weight is 566 g/mol. The summed E-state index contributed by atoms with van der Waals surface area (Å²) in [6, 6.07) is 39.4. The Kier molecular flexibility index (Phi) is 9.40. The summed E-state index contributed by atoms with van der Waals surface area (Å²) < 4.78 is 6.25. The molecule has 0 saturated heterocycles. The van der Waals surface area contributed by atoms with Crippen LogP contribution in [0.4, 0.5) is 0 Å². The first-order valence-electron chi connectivity index (χ1n) is 14.6. The smallest absolute Gasteiger partial charge is 0.129 e. The lowest BCUT2D eigenvalue weighted by Gasteiger charge is -2.23. The van der Waals surface area contributed by atoms with Crippen LogP contribution in [0.5, 0.6) is 5.75 Å². The predicted molar refractivity (Wildman–Crippen MR) is 171 cm³/mol. The Morgan fingerprint density at radius 1 is 0.558 bits per heavy atom. The molecule has 3 aromatic heterocycles. The van der Waals surface area contributed by atoms with E-state index in [1.165, 1.54) is 11.1 Å². The minimum absolute atomic E-state index is 0.518. The predicted octanol–water partition coefficient (Wildman–Crippen LogP) is 7.10. The fourth-order valence-electron chi connectivity index (χ4n) is 5.12. The number of aromatic nitrogens is 3. The van der Waals surface area contributed by atoms with Crippen LogP contribution in [0.1, 0.15) is 33.6 Å². The van der Waals surface area contributed by atoms with E-state index in [2.05, 4.69) is 68.7 Å². The van der Waals surface area contributed by atoms with Crippen LogP contribution in [0.15, 0.2) is 134 Å². The summed E-state index contributed by atoms with van der Waals surface area (Å²) in [4.78, 5) is 16.2. The average Bonchev–Trinajstić information content (AvgIpc) is 3.06. The summed E-state index contributed by atoms with van der Waals surface area (Å²) in [7, 11) is 0. The maximum absolute atomic E-state index is 6.25. The zero-order valence-corrected chi connectivity index (χ0v) is 24.1. The van der Waals surface area contributed by atoms with Gasteiger partial charge in [0.2, 0.25) is 0 Å². The number of hydrogen-bond acceptors (Lipinski definition) is 6. The van der Waals surface area contributed by atoms with Crippen LogP contribution in [0, 0.1) is 0 Å². The number of benzene rings is 3. The highest BCUT2D eigenvalue weighted by atomic mass is 16.5. The minimum Gasteiger partial charge on any atom is -0.488 e. The van der Waals surface area contributed by atoms with Crippen molar-refractivity contribution in [1.29, 1.82) is 0 Å². The molecule has 0 atom stereocenters. The van der Waals surface area contributed by atoms with Crippen LogP contribution in [0.3, 0.4) is 0 Å². The SMILES string of the molecule is c1ccc(COc2cccc3ncc(CN(Cc4ccc(CNCc5ccccn5)cc4)Cc4ccccn4)cc23)cc1. The molecule has 0 aliphatic rings. The van der Waals surface area contributed by atoms with Crippen LogP contribution < -0.4 is 10.1 Å². The molecule has 6 nitrogen and oxygen atoms in total. The topological polar surface area (TPSA) is 63.2 Å². The standard InChI is InChI=1S/C37H35N5O/c1-2-9-31(10-3-1)28-43-37-14-8-13-36-35(37)21-32(23-41-36)26-42(27-34-12-5-7-20-40-34)25-30-17-15-29(16-18-30)22-38-24-33-11-4-6-19-39-33/h1-21,23,38H,22,24-28H2. The van der Waals surface area contributed by atoms with E-state index in [1.54, 1.807) is 0 Å². The maximum atomic E-state index is 6.25. The van der Waals surface area contributed by atoms with Crippen molar-refractivity contribution in [3.63, 3.8) is 0 Å². The van der Waals surface area contributed by atoms with Crippen molar-refractivity contribution in [3.05, 3.63) is 167 Å². The van der Waals surface area contributed by atoms with Crippen LogP contribution in [-0.2, 0) is 39.3 Å². The molecule has 6 heteroatoms. The monoisotopic (exact) mass is 565 g/mol. The van der Waals surface area contributed by atoms with Gasteiger partial charge in [0.05, 0.1) is 16.9 Å². The van der Waals surface area contributed by atoms with Crippen molar-refractivity contribution >= 4 is 10.9 Å².